The first kappa shape index (κ1) is 19.2. The average Bonchev–Trinajstić information content (AvgIpc) is 2.67. The lowest BCUT2D eigenvalue weighted by molar-refractivity contribution is -0.144. The van der Waals surface area contributed by atoms with Crippen LogP contribution in [0.5, 0.6) is 0 Å². The van der Waals surface area contributed by atoms with Gasteiger partial charge in [-0.05, 0) is 30.2 Å². The van der Waals surface area contributed by atoms with Crippen LogP contribution in [0.25, 0.3) is 0 Å². The predicted octanol–water partition coefficient (Wildman–Crippen LogP) is 1.63. The summed E-state index contributed by atoms with van der Waals surface area (Å²) in [6, 6.07) is 15.4. The lowest BCUT2D eigenvalue weighted by Gasteiger charge is -2.18. The molecule has 0 heterocycles. The maximum atomic E-state index is 12.2. The number of carbonyl (C=O) groups is 3. The van der Waals surface area contributed by atoms with Crippen LogP contribution < -0.4 is 10.6 Å². The summed E-state index contributed by atoms with van der Waals surface area (Å²) in [7, 11) is 1.27. The van der Waals surface area contributed by atoms with Crippen LogP contribution in [0.3, 0.4) is 0 Å². The van der Waals surface area contributed by atoms with Gasteiger partial charge in [-0.1, -0.05) is 42.5 Å². The highest BCUT2D eigenvalue weighted by atomic mass is 16.5. The van der Waals surface area contributed by atoms with Crippen LogP contribution >= 0.6 is 0 Å². The third kappa shape index (κ3) is 5.44. The van der Waals surface area contributed by atoms with E-state index in [0.717, 1.165) is 11.1 Å². The van der Waals surface area contributed by atoms with Gasteiger partial charge in [-0.25, -0.2) is 4.79 Å². The second kappa shape index (κ2) is 9.36. The van der Waals surface area contributed by atoms with Crippen LogP contribution in [0, 0.1) is 6.92 Å². The smallest absolute Gasteiger partial charge is 0.328 e. The van der Waals surface area contributed by atoms with Crippen molar-refractivity contribution >= 4 is 17.8 Å². The maximum absolute atomic E-state index is 12.2. The monoisotopic (exact) mass is 354 g/mol. The molecule has 2 rings (SSSR count). The van der Waals surface area contributed by atoms with E-state index in [-0.39, 0.29) is 12.5 Å². The van der Waals surface area contributed by atoms with E-state index in [1.807, 2.05) is 31.2 Å². The van der Waals surface area contributed by atoms with Gasteiger partial charge in [0.25, 0.3) is 5.91 Å². The molecule has 0 aliphatic rings. The first-order valence-electron chi connectivity index (χ1n) is 8.26. The van der Waals surface area contributed by atoms with Crippen LogP contribution in [0.4, 0.5) is 0 Å². The number of methoxy groups -OCH3 is 1. The molecule has 6 heteroatoms. The fraction of sp³-hybridized carbons (Fsp3) is 0.250. The number of esters is 1. The van der Waals surface area contributed by atoms with Gasteiger partial charge < -0.3 is 15.4 Å². The Morgan fingerprint density at radius 1 is 1.00 bits per heavy atom. The molecular weight excluding hydrogens is 332 g/mol. The molecule has 0 aromatic heterocycles. The van der Waals surface area contributed by atoms with Crippen molar-refractivity contribution in [3.63, 3.8) is 0 Å². The van der Waals surface area contributed by atoms with Crippen molar-refractivity contribution < 1.29 is 19.1 Å². The lowest BCUT2D eigenvalue weighted by Crippen LogP contribution is -2.47. The number of amides is 2. The van der Waals surface area contributed by atoms with Gasteiger partial charge in [-0.3, -0.25) is 9.59 Å². The Morgan fingerprint density at radius 2 is 1.65 bits per heavy atom. The van der Waals surface area contributed by atoms with Gasteiger partial charge in [0, 0.05) is 12.0 Å². The molecule has 0 aliphatic carbocycles. The number of hydrogen-bond donors (Lipinski definition) is 2. The van der Waals surface area contributed by atoms with Crippen molar-refractivity contribution in [1.82, 2.24) is 10.6 Å². The largest absolute Gasteiger partial charge is 0.467 e. The summed E-state index contributed by atoms with van der Waals surface area (Å²) >= 11 is 0. The van der Waals surface area contributed by atoms with E-state index >= 15 is 0 Å². The molecule has 2 aromatic carbocycles. The normalized spacial score (nSPS) is 11.3. The Morgan fingerprint density at radius 3 is 2.31 bits per heavy atom. The Labute approximate surface area is 152 Å². The van der Waals surface area contributed by atoms with Crippen molar-refractivity contribution in [2.45, 2.75) is 19.4 Å². The van der Waals surface area contributed by atoms with Crippen molar-refractivity contribution in [2.24, 2.45) is 0 Å². The van der Waals surface area contributed by atoms with E-state index in [1.54, 1.807) is 30.3 Å². The molecule has 26 heavy (non-hydrogen) atoms. The van der Waals surface area contributed by atoms with Gasteiger partial charge in [0.1, 0.15) is 6.04 Å². The van der Waals surface area contributed by atoms with E-state index in [1.165, 1.54) is 7.11 Å². The summed E-state index contributed by atoms with van der Waals surface area (Å²) in [6.07, 6.45) is 0.317. The summed E-state index contributed by atoms with van der Waals surface area (Å²) in [5.41, 5.74) is 2.43. The van der Waals surface area contributed by atoms with Gasteiger partial charge in [-0.15, -0.1) is 0 Å². The number of rotatable bonds is 7. The minimum Gasteiger partial charge on any atom is -0.467 e. The average molecular weight is 354 g/mol. The summed E-state index contributed by atoms with van der Waals surface area (Å²) in [4.78, 5) is 36.1. The van der Waals surface area contributed by atoms with E-state index in [9.17, 15) is 14.4 Å². The predicted molar refractivity (Wildman–Crippen MR) is 97.6 cm³/mol. The third-order valence-corrected chi connectivity index (χ3v) is 3.95. The minimum absolute atomic E-state index is 0.227. The molecule has 2 amide bonds. The lowest BCUT2D eigenvalue weighted by atomic mass is 10.0. The number of ether oxygens (including phenoxy) is 1. The molecule has 0 unspecified atom stereocenters. The number of nitrogens with one attached hydrogen (secondary N) is 2. The van der Waals surface area contributed by atoms with Crippen LogP contribution in [0.1, 0.15) is 21.5 Å². The van der Waals surface area contributed by atoms with Gasteiger partial charge in [0.2, 0.25) is 5.91 Å². The molecule has 0 spiro atoms. The molecule has 0 aliphatic heterocycles. The Balaban J connectivity index is 1.95. The molecule has 1 atom stereocenters. The Hall–Kier alpha value is -3.15. The topological polar surface area (TPSA) is 84.5 Å². The van der Waals surface area contributed by atoms with Crippen LogP contribution in [-0.4, -0.2) is 37.5 Å². The van der Waals surface area contributed by atoms with E-state index in [2.05, 4.69) is 10.6 Å². The van der Waals surface area contributed by atoms with E-state index < -0.39 is 17.9 Å². The molecule has 2 aromatic rings. The quantitative estimate of drug-likeness (QED) is 0.740. The number of benzene rings is 2. The fourth-order valence-electron chi connectivity index (χ4n) is 2.49. The zero-order valence-corrected chi connectivity index (χ0v) is 14.8. The summed E-state index contributed by atoms with van der Waals surface area (Å²) in [5, 5.41) is 5.16. The zero-order chi connectivity index (χ0) is 18.9. The second-order valence-corrected chi connectivity index (χ2v) is 5.82. The highest BCUT2D eigenvalue weighted by Crippen LogP contribution is 2.10. The van der Waals surface area contributed by atoms with Gasteiger partial charge in [0.15, 0.2) is 0 Å². The molecule has 0 bridgehead atoms. The first-order chi connectivity index (χ1) is 12.5. The van der Waals surface area contributed by atoms with Crippen molar-refractivity contribution in [3.05, 3.63) is 71.3 Å². The molecule has 0 fully saturated rings. The fourth-order valence-corrected chi connectivity index (χ4v) is 2.49. The van der Waals surface area contributed by atoms with E-state index in [4.69, 9.17) is 4.74 Å². The van der Waals surface area contributed by atoms with Gasteiger partial charge >= 0.3 is 5.97 Å². The first-order valence-corrected chi connectivity index (χ1v) is 8.26. The van der Waals surface area contributed by atoms with Crippen molar-refractivity contribution in [2.75, 3.05) is 13.7 Å². The van der Waals surface area contributed by atoms with Crippen LogP contribution in [-0.2, 0) is 20.7 Å². The standard InChI is InChI=1S/C20H22N2O4/c1-14-8-6-7-11-16(14)12-17(20(25)26-2)22-18(23)13-21-19(24)15-9-4-3-5-10-15/h3-11,17H,12-13H2,1-2H3,(H,21,24)(H,22,23)/t17-/m1/s1. The number of aryl methyl sites for hydroxylation is 1. The Kier molecular flexibility index (Phi) is 6.91. The van der Waals surface area contributed by atoms with Crippen LogP contribution in [0.15, 0.2) is 54.6 Å². The van der Waals surface area contributed by atoms with Gasteiger partial charge in [0.05, 0.1) is 13.7 Å². The third-order valence-electron chi connectivity index (χ3n) is 3.95. The van der Waals surface area contributed by atoms with Crippen LogP contribution in [0.2, 0.25) is 0 Å². The molecule has 6 nitrogen and oxygen atoms in total. The molecular formula is C20H22N2O4. The summed E-state index contributed by atoms with van der Waals surface area (Å²) < 4.78 is 4.78. The minimum atomic E-state index is -0.817. The highest BCUT2D eigenvalue weighted by molar-refractivity contribution is 5.96. The maximum Gasteiger partial charge on any atom is 0.328 e. The van der Waals surface area contributed by atoms with E-state index in [0.29, 0.717) is 12.0 Å². The highest BCUT2D eigenvalue weighted by Gasteiger charge is 2.22. The summed E-state index contributed by atoms with van der Waals surface area (Å²) in [6.45, 7) is 1.71. The summed E-state index contributed by atoms with van der Waals surface area (Å²) in [5.74, 6) is -1.34. The molecule has 2 N–H and O–H groups in total. The van der Waals surface area contributed by atoms with Crippen molar-refractivity contribution in [1.29, 1.82) is 0 Å². The second-order valence-electron chi connectivity index (χ2n) is 5.82. The number of carbonyl (C=O) groups excluding carboxylic acids is 3. The van der Waals surface area contributed by atoms with Gasteiger partial charge in [-0.2, -0.15) is 0 Å². The SMILES string of the molecule is COC(=O)[C@@H](Cc1ccccc1C)NC(=O)CNC(=O)c1ccccc1. The molecule has 0 radical (unpaired) electrons. The zero-order valence-electron chi connectivity index (χ0n) is 14.8. The molecule has 136 valence electrons. The Bertz CT molecular complexity index is 774. The number of hydrogen-bond acceptors (Lipinski definition) is 4. The molecule has 0 saturated carbocycles. The van der Waals surface area contributed by atoms with Crippen molar-refractivity contribution in [3.8, 4) is 0 Å². The molecule has 0 saturated heterocycles.